The molecule has 17 heavy (non-hydrogen) atoms. The van der Waals surface area contributed by atoms with E-state index in [1.54, 1.807) is 0 Å². The van der Waals surface area contributed by atoms with Crippen molar-refractivity contribution in [3.05, 3.63) is 57.2 Å². The van der Waals surface area contributed by atoms with E-state index in [4.69, 9.17) is 11.6 Å². The second-order valence-electron chi connectivity index (χ2n) is 3.66. The van der Waals surface area contributed by atoms with Crippen LogP contribution in [-0.2, 0) is 0 Å². The zero-order valence-corrected chi connectivity index (χ0v) is 9.81. The number of halogens is 1. The molecule has 86 valence electrons. The van der Waals surface area contributed by atoms with Crippen LogP contribution in [0.25, 0.3) is 11.3 Å². The molecule has 0 aliphatic carbocycles. The summed E-state index contributed by atoms with van der Waals surface area (Å²) in [6, 6.07) is 10.2. The molecule has 1 aromatic heterocycles. The van der Waals surface area contributed by atoms with E-state index < -0.39 is 4.92 Å². The van der Waals surface area contributed by atoms with E-state index >= 15 is 0 Å². The minimum atomic E-state index is -0.481. The molecule has 2 aromatic rings. The molecule has 2 rings (SSSR count). The Kier molecular flexibility index (Phi) is 3.06. The van der Waals surface area contributed by atoms with E-state index in [1.807, 2.05) is 31.2 Å². The Balaban J connectivity index is 2.51. The first-order chi connectivity index (χ1) is 8.06. The summed E-state index contributed by atoms with van der Waals surface area (Å²) in [4.78, 5) is 14.3. The summed E-state index contributed by atoms with van der Waals surface area (Å²) in [7, 11) is 0. The highest BCUT2D eigenvalue weighted by molar-refractivity contribution is 6.29. The molecule has 1 aromatic carbocycles. The lowest BCUT2D eigenvalue weighted by Gasteiger charge is -2.02. The molecule has 5 heteroatoms. The first-order valence-corrected chi connectivity index (χ1v) is 5.33. The number of aryl methyl sites for hydroxylation is 1. The third-order valence-electron chi connectivity index (χ3n) is 2.34. The van der Waals surface area contributed by atoms with Crippen molar-refractivity contribution in [1.29, 1.82) is 0 Å². The van der Waals surface area contributed by atoms with Gasteiger partial charge in [-0.25, -0.2) is 4.98 Å². The predicted molar refractivity (Wildman–Crippen MR) is 66.1 cm³/mol. The maximum atomic E-state index is 10.7. The van der Waals surface area contributed by atoms with Crippen molar-refractivity contribution < 1.29 is 4.92 Å². The summed E-state index contributed by atoms with van der Waals surface area (Å²) in [5.74, 6) is 0. The van der Waals surface area contributed by atoms with Gasteiger partial charge in [0.2, 0.25) is 0 Å². The van der Waals surface area contributed by atoms with Crippen LogP contribution in [0.2, 0.25) is 5.15 Å². The maximum Gasteiger partial charge on any atom is 0.274 e. The second-order valence-corrected chi connectivity index (χ2v) is 4.04. The lowest BCUT2D eigenvalue weighted by molar-refractivity contribution is -0.384. The fourth-order valence-corrected chi connectivity index (χ4v) is 1.66. The van der Waals surface area contributed by atoms with Gasteiger partial charge in [-0.05, 0) is 6.92 Å². The quantitative estimate of drug-likeness (QED) is 0.463. The van der Waals surface area contributed by atoms with Crippen LogP contribution in [0.15, 0.2) is 36.4 Å². The fourth-order valence-electron chi connectivity index (χ4n) is 1.46. The van der Waals surface area contributed by atoms with Crippen LogP contribution in [-0.4, -0.2) is 9.91 Å². The summed E-state index contributed by atoms with van der Waals surface area (Å²) in [6.07, 6.45) is 0. The third-order valence-corrected chi connectivity index (χ3v) is 2.53. The van der Waals surface area contributed by atoms with Gasteiger partial charge in [0, 0.05) is 11.6 Å². The van der Waals surface area contributed by atoms with E-state index in [0.717, 1.165) is 11.1 Å². The molecule has 0 fully saturated rings. The van der Waals surface area contributed by atoms with Gasteiger partial charge in [-0.1, -0.05) is 41.4 Å². The van der Waals surface area contributed by atoms with Crippen molar-refractivity contribution in [1.82, 2.24) is 4.98 Å². The highest BCUT2D eigenvalue weighted by Gasteiger charge is 2.11. The van der Waals surface area contributed by atoms with Crippen molar-refractivity contribution in [2.75, 3.05) is 0 Å². The zero-order chi connectivity index (χ0) is 12.4. The molecule has 4 nitrogen and oxygen atoms in total. The third kappa shape index (κ3) is 2.60. The summed E-state index contributed by atoms with van der Waals surface area (Å²) >= 11 is 5.76. The van der Waals surface area contributed by atoms with E-state index in [-0.39, 0.29) is 10.8 Å². The van der Waals surface area contributed by atoms with Gasteiger partial charge < -0.3 is 0 Å². The van der Waals surface area contributed by atoms with Gasteiger partial charge in [-0.3, -0.25) is 10.1 Å². The molecule has 0 bridgehead atoms. The Morgan fingerprint density at radius 1 is 1.24 bits per heavy atom. The largest absolute Gasteiger partial charge is 0.274 e. The molecule has 0 unspecified atom stereocenters. The fraction of sp³-hybridized carbons (Fsp3) is 0.0833. The number of hydrogen-bond acceptors (Lipinski definition) is 3. The van der Waals surface area contributed by atoms with Gasteiger partial charge in [0.1, 0.15) is 5.15 Å². The van der Waals surface area contributed by atoms with E-state index in [1.165, 1.54) is 12.1 Å². The minimum absolute atomic E-state index is 0.0550. The van der Waals surface area contributed by atoms with Gasteiger partial charge in [-0.2, -0.15) is 0 Å². The molecular weight excluding hydrogens is 240 g/mol. The van der Waals surface area contributed by atoms with Gasteiger partial charge >= 0.3 is 0 Å². The van der Waals surface area contributed by atoms with Crippen molar-refractivity contribution in [2.45, 2.75) is 6.92 Å². The molecule has 1 heterocycles. The molecule has 0 aliphatic rings. The van der Waals surface area contributed by atoms with Crippen molar-refractivity contribution in [3.63, 3.8) is 0 Å². The molecule has 0 amide bonds. The smallest absolute Gasteiger partial charge is 0.258 e. The van der Waals surface area contributed by atoms with Crippen LogP contribution in [0, 0.1) is 17.0 Å². The predicted octanol–water partition coefficient (Wildman–Crippen LogP) is 3.62. The number of aromatic nitrogens is 1. The number of pyridine rings is 1. The number of rotatable bonds is 2. The minimum Gasteiger partial charge on any atom is -0.258 e. The topological polar surface area (TPSA) is 56.0 Å². The van der Waals surface area contributed by atoms with Crippen LogP contribution < -0.4 is 0 Å². The van der Waals surface area contributed by atoms with E-state index in [0.29, 0.717) is 5.69 Å². The summed E-state index contributed by atoms with van der Waals surface area (Å²) in [5.41, 5.74) is 2.37. The molecule has 0 spiro atoms. The van der Waals surface area contributed by atoms with Crippen LogP contribution in [0.5, 0.6) is 0 Å². The van der Waals surface area contributed by atoms with Gasteiger partial charge in [0.05, 0.1) is 16.7 Å². The Labute approximate surface area is 103 Å². The number of benzene rings is 1. The Bertz CT molecular complexity index is 567. The van der Waals surface area contributed by atoms with Gasteiger partial charge in [0.15, 0.2) is 0 Å². The van der Waals surface area contributed by atoms with Crippen molar-refractivity contribution in [3.8, 4) is 11.3 Å². The average molecular weight is 249 g/mol. The Morgan fingerprint density at radius 2 is 1.88 bits per heavy atom. The molecule has 0 N–H and O–H groups in total. The van der Waals surface area contributed by atoms with Crippen LogP contribution in [0.3, 0.4) is 0 Å². The normalized spacial score (nSPS) is 10.2. The monoisotopic (exact) mass is 248 g/mol. The molecule has 0 radical (unpaired) electrons. The number of hydrogen-bond donors (Lipinski definition) is 0. The zero-order valence-electron chi connectivity index (χ0n) is 9.05. The first-order valence-electron chi connectivity index (χ1n) is 4.95. The van der Waals surface area contributed by atoms with E-state index in [2.05, 4.69) is 4.98 Å². The van der Waals surface area contributed by atoms with E-state index in [9.17, 15) is 10.1 Å². The molecule has 0 saturated heterocycles. The van der Waals surface area contributed by atoms with Crippen LogP contribution in [0.1, 0.15) is 5.56 Å². The summed E-state index contributed by atoms with van der Waals surface area (Å²) in [5, 5.41) is 10.8. The number of nitrogens with zero attached hydrogens (tertiary/aromatic N) is 2. The first kappa shape index (κ1) is 11.5. The Morgan fingerprint density at radius 3 is 2.47 bits per heavy atom. The molecule has 0 atom stereocenters. The number of nitro groups is 1. The van der Waals surface area contributed by atoms with Gasteiger partial charge in [-0.15, -0.1) is 0 Å². The molecule has 0 aliphatic heterocycles. The average Bonchev–Trinajstić information content (AvgIpc) is 2.29. The molecular formula is C12H9ClN2O2. The maximum absolute atomic E-state index is 10.7. The molecule has 0 saturated carbocycles. The lowest BCUT2D eigenvalue weighted by atomic mass is 10.1. The van der Waals surface area contributed by atoms with Gasteiger partial charge in [0.25, 0.3) is 5.69 Å². The second kappa shape index (κ2) is 4.51. The lowest BCUT2D eigenvalue weighted by Crippen LogP contribution is -1.91. The van der Waals surface area contributed by atoms with Crippen molar-refractivity contribution in [2.24, 2.45) is 0 Å². The summed E-state index contributed by atoms with van der Waals surface area (Å²) in [6.45, 7) is 1.97. The van der Waals surface area contributed by atoms with Crippen LogP contribution >= 0.6 is 11.6 Å². The highest BCUT2D eigenvalue weighted by atomic mass is 35.5. The highest BCUT2D eigenvalue weighted by Crippen LogP contribution is 2.25. The van der Waals surface area contributed by atoms with Crippen molar-refractivity contribution >= 4 is 17.3 Å². The van der Waals surface area contributed by atoms with Crippen LogP contribution in [0.4, 0.5) is 5.69 Å². The summed E-state index contributed by atoms with van der Waals surface area (Å²) < 4.78 is 0. The SMILES string of the molecule is Cc1ccc(-c2cc([N+](=O)[O-])cc(Cl)n2)cc1. The Hall–Kier alpha value is -1.94. The standard InChI is InChI=1S/C12H9ClN2O2/c1-8-2-4-9(5-3-8)11-6-10(15(16)17)7-12(13)14-11/h2-7H,1H3.